The molecular weight excluding hydrogens is 210 g/mol. The van der Waals surface area contributed by atoms with Crippen molar-refractivity contribution in [2.24, 2.45) is 5.73 Å². The maximum atomic E-state index is 12.0. The van der Waals surface area contributed by atoms with Crippen molar-refractivity contribution < 1.29 is 9.00 Å². The highest BCUT2D eigenvalue weighted by Gasteiger charge is 2.22. The lowest BCUT2D eigenvalue weighted by Crippen LogP contribution is -2.32. The van der Waals surface area contributed by atoms with Gasteiger partial charge in [-0.05, 0) is 18.6 Å². The molecule has 0 aromatic heterocycles. The Morgan fingerprint density at radius 2 is 2.00 bits per heavy atom. The normalized spacial score (nSPS) is 14.5. The van der Waals surface area contributed by atoms with E-state index in [-0.39, 0.29) is 0 Å². The molecule has 0 aliphatic heterocycles. The van der Waals surface area contributed by atoms with E-state index in [4.69, 9.17) is 5.73 Å². The molecule has 0 aliphatic rings. The minimum absolute atomic E-state index is 0.487. The Bertz CT molecular complexity index is 351. The lowest BCUT2D eigenvalue weighted by Gasteiger charge is -2.11. The summed E-state index contributed by atoms with van der Waals surface area (Å²) in [6, 6.07) is 8.96. The Balaban J connectivity index is 2.86. The van der Waals surface area contributed by atoms with Crippen molar-refractivity contribution in [2.45, 2.75) is 29.9 Å². The molecule has 1 amide bonds. The maximum Gasteiger partial charge on any atom is 0.233 e. The summed E-state index contributed by atoms with van der Waals surface area (Å²) in [4.78, 5) is 11.8. The predicted molar refractivity (Wildman–Crippen MR) is 60.7 cm³/mol. The molecule has 1 rings (SSSR count). The zero-order valence-corrected chi connectivity index (χ0v) is 9.50. The van der Waals surface area contributed by atoms with Crippen molar-refractivity contribution in [2.75, 3.05) is 0 Å². The van der Waals surface area contributed by atoms with E-state index in [2.05, 4.69) is 0 Å². The first-order valence-corrected chi connectivity index (χ1v) is 6.13. The van der Waals surface area contributed by atoms with Gasteiger partial charge in [-0.3, -0.25) is 9.00 Å². The first kappa shape index (κ1) is 11.9. The minimum atomic E-state index is -1.33. The fraction of sp³-hybridized carbons (Fsp3) is 0.364. The summed E-state index contributed by atoms with van der Waals surface area (Å²) >= 11 is 0. The topological polar surface area (TPSA) is 60.2 Å². The van der Waals surface area contributed by atoms with Crippen LogP contribution >= 0.6 is 0 Å². The van der Waals surface area contributed by atoms with Crippen LogP contribution in [-0.4, -0.2) is 15.4 Å². The maximum absolute atomic E-state index is 12.0. The molecule has 2 atom stereocenters. The van der Waals surface area contributed by atoms with Crippen LogP contribution in [0.3, 0.4) is 0 Å². The number of primary amides is 1. The number of hydrogen-bond acceptors (Lipinski definition) is 2. The largest absolute Gasteiger partial charge is 0.369 e. The summed E-state index contributed by atoms with van der Waals surface area (Å²) in [6.07, 6.45) is 1.36. The molecule has 0 fully saturated rings. The average molecular weight is 225 g/mol. The number of carbonyl (C=O) groups is 1. The van der Waals surface area contributed by atoms with Gasteiger partial charge in [-0.15, -0.1) is 0 Å². The van der Waals surface area contributed by atoms with Gasteiger partial charge in [0.2, 0.25) is 5.91 Å². The fourth-order valence-corrected chi connectivity index (χ4v) is 2.75. The van der Waals surface area contributed by atoms with Gasteiger partial charge in [0.15, 0.2) is 0 Å². The lowest BCUT2D eigenvalue weighted by atomic mass is 10.2. The molecule has 1 aromatic carbocycles. The molecule has 0 spiro atoms. The first-order valence-electron chi connectivity index (χ1n) is 4.91. The molecule has 1 aromatic rings. The first-order chi connectivity index (χ1) is 7.16. The van der Waals surface area contributed by atoms with E-state index in [0.29, 0.717) is 11.3 Å². The molecule has 3 nitrogen and oxygen atoms in total. The van der Waals surface area contributed by atoms with Gasteiger partial charge in [-0.25, -0.2) is 0 Å². The highest BCUT2D eigenvalue weighted by molar-refractivity contribution is 7.86. The van der Waals surface area contributed by atoms with E-state index in [0.717, 1.165) is 6.42 Å². The Hall–Kier alpha value is -1.16. The highest BCUT2D eigenvalue weighted by Crippen LogP contribution is 2.14. The molecule has 0 saturated heterocycles. The second-order valence-corrected chi connectivity index (χ2v) is 4.93. The summed E-state index contributed by atoms with van der Waals surface area (Å²) < 4.78 is 12.0. The Labute approximate surface area is 92.1 Å². The highest BCUT2D eigenvalue weighted by atomic mass is 32.2. The number of carbonyl (C=O) groups excluding carboxylic acids is 1. The number of rotatable bonds is 5. The van der Waals surface area contributed by atoms with E-state index < -0.39 is 22.0 Å². The number of hydrogen-bond donors (Lipinski definition) is 1. The molecular formula is C11H15NO2S. The van der Waals surface area contributed by atoms with Crippen LogP contribution in [0, 0.1) is 0 Å². The summed E-state index contributed by atoms with van der Waals surface area (Å²) in [5, 5.41) is -0.572. The molecule has 0 aliphatic carbocycles. The zero-order valence-electron chi connectivity index (χ0n) is 8.68. The Morgan fingerprint density at radius 1 is 1.40 bits per heavy atom. The Kier molecular flexibility index (Phi) is 4.49. The van der Waals surface area contributed by atoms with Crippen LogP contribution in [0.25, 0.3) is 0 Å². The average Bonchev–Trinajstić information content (AvgIpc) is 2.26. The van der Waals surface area contributed by atoms with E-state index in [9.17, 15) is 9.00 Å². The third-order valence-corrected chi connectivity index (χ3v) is 3.82. The number of nitrogens with two attached hydrogens (primary N) is 1. The fourth-order valence-electron chi connectivity index (χ4n) is 1.34. The minimum Gasteiger partial charge on any atom is -0.369 e. The van der Waals surface area contributed by atoms with Gasteiger partial charge >= 0.3 is 0 Å². The van der Waals surface area contributed by atoms with Crippen molar-refractivity contribution >= 4 is 16.7 Å². The van der Waals surface area contributed by atoms with Crippen molar-refractivity contribution in [3.05, 3.63) is 30.3 Å². The molecule has 4 heteroatoms. The summed E-state index contributed by atoms with van der Waals surface area (Å²) in [6.45, 7) is 1.94. The summed E-state index contributed by atoms with van der Waals surface area (Å²) in [5.74, 6) is -0.487. The van der Waals surface area contributed by atoms with Crippen LogP contribution < -0.4 is 5.73 Å². The van der Waals surface area contributed by atoms with E-state index in [1.807, 2.05) is 13.0 Å². The molecule has 0 radical (unpaired) electrons. The van der Waals surface area contributed by atoms with Gasteiger partial charge in [0.1, 0.15) is 5.25 Å². The van der Waals surface area contributed by atoms with Crippen LogP contribution in [0.15, 0.2) is 35.2 Å². The third kappa shape index (κ3) is 3.16. The van der Waals surface area contributed by atoms with E-state index in [1.165, 1.54) is 0 Å². The quantitative estimate of drug-likeness (QED) is 0.824. The van der Waals surface area contributed by atoms with Crippen LogP contribution in [0.2, 0.25) is 0 Å². The third-order valence-electron chi connectivity index (χ3n) is 2.10. The second-order valence-electron chi connectivity index (χ2n) is 3.29. The SMILES string of the molecule is CCCC(C(N)=O)[S@](=O)c1ccccc1. The van der Waals surface area contributed by atoms with E-state index in [1.54, 1.807) is 24.3 Å². The predicted octanol–water partition coefficient (Wildman–Crippen LogP) is 1.45. The van der Waals surface area contributed by atoms with Crippen LogP contribution in [0.1, 0.15) is 19.8 Å². The molecule has 0 bridgehead atoms. The van der Waals surface area contributed by atoms with Crippen molar-refractivity contribution in [1.82, 2.24) is 0 Å². The molecule has 0 saturated carbocycles. The molecule has 82 valence electrons. The van der Waals surface area contributed by atoms with Crippen LogP contribution in [0.4, 0.5) is 0 Å². The van der Waals surface area contributed by atoms with E-state index >= 15 is 0 Å². The molecule has 0 heterocycles. The van der Waals surface area contributed by atoms with Crippen LogP contribution in [0.5, 0.6) is 0 Å². The molecule has 2 N–H and O–H groups in total. The van der Waals surface area contributed by atoms with Gasteiger partial charge in [0.25, 0.3) is 0 Å². The smallest absolute Gasteiger partial charge is 0.233 e. The van der Waals surface area contributed by atoms with Crippen molar-refractivity contribution in [1.29, 1.82) is 0 Å². The van der Waals surface area contributed by atoms with Crippen molar-refractivity contribution in [3.8, 4) is 0 Å². The van der Waals surface area contributed by atoms with Gasteiger partial charge in [-0.2, -0.15) is 0 Å². The number of amides is 1. The molecule has 1 unspecified atom stereocenters. The lowest BCUT2D eigenvalue weighted by molar-refractivity contribution is -0.117. The van der Waals surface area contributed by atoms with Gasteiger partial charge in [0, 0.05) is 4.90 Å². The standard InChI is InChI=1S/C11H15NO2S/c1-2-6-10(11(12)13)15(14)9-7-4-3-5-8-9/h3-5,7-8,10H,2,6H2,1H3,(H2,12,13)/t10?,15-/m1/s1. The van der Waals surface area contributed by atoms with Gasteiger partial charge < -0.3 is 5.73 Å². The zero-order chi connectivity index (χ0) is 11.3. The summed E-state index contributed by atoms with van der Waals surface area (Å²) in [7, 11) is -1.33. The monoisotopic (exact) mass is 225 g/mol. The second kappa shape index (κ2) is 5.66. The van der Waals surface area contributed by atoms with Gasteiger partial charge in [-0.1, -0.05) is 31.5 Å². The number of benzene rings is 1. The Morgan fingerprint density at radius 3 is 2.47 bits per heavy atom. The van der Waals surface area contributed by atoms with Gasteiger partial charge in [0.05, 0.1) is 10.8 Å². The van der Waals surface area contributed by atoms with Crippen LogP contribution in [-0.2, 0) is 15.6 Å². The summed E-state index contributed by atoms with van der Waals surface area (Å²) in [5.41, 5.74) is 5.23. The molecule has 15 heavy (non-hydrogen) atoms. The van der Waals surface area contributed by atoms with Crippen molar-refractivity contribution in [3.63, 3.8) is 0 Å².